The summed E-state index contributed by atoms with van der Waals surface area (Å²) in [6.07, 6.45) is 1.05. The molecule has 0 saturated carbocycles. The lowest BCUT2D eigenvalue weighted by molar-refractivity contribution is 0.590. The first kappa shape index (κ1) is 14.7. The number of halogens is 2. The van der Waals surface area contributed by atoms with E-state index >= 15 is 0 Å². The van der Waals surface area contributed by atoms with Gasteiger partial charge in [0.1, 0.15) is 5.82 Å². The lowest BCUT2D eigenvalue weighted by atomic mass is 10.1. The molecule has 0 fully saturated rings. The lowest BCUT2D eigenvalue weighted by Crippen LogP contribution is -2.22. The summed E-state index contributed by atoms with van der Waals surface area (Å²) < 4.78 is 14.5. The second-order valence-corrected chi connectivity index (χ2v) is 6.65. The van der Waals surface area contributed by atoms with Crippen LogP contribution in [0.1, 0.15) is 34.7 Å². The molecule has 2 aromatic rings. The van der Waals surface area contributed by atoms with E-state index in [1.165, 1.54) is 15.8 Å². The molecule has 1 N–H and O–H groups in total. The SMILES string of the molecule is CCCNC(c1cccc(F)c1)c1sc(C)cc1Br. The van der Waals surface area contributed by atoms with Gasteiger partial charge in [0.15, 0.2) is 0 Å². The van der Waals surface area contributed by atoms with E-state index < -0.39 is 0 Å². The van der Waals surface area contributed by atoms with Crippen LogP contribution in [0.15, 0.2) is 34.8 Å². The van der Waals surface area contributed by atoms with Gasteiger partial charge in [-0.1, -0.05) is 19.1 Å². The van der Waals surface area contributed by atoms with Crippen LogP contribution in [0.5, 0.6) is 0 Å². The van der Waals surface area contributed by atoms with Crippen LogP contribution in [0.2, 0.25) is 0 Å². The molecule has 1 nitrogen and oxygen atoms in total. The largest absolute Gasteiger partial charge is 0.306 e. The van der Waals surface area contributed by atoms with Crippen LogP contribution in [-0.4, -0.2) is 6.54 Å². The van der Waals surface area contributed by atoms with Crippen molar-refractivity contribution in [2.24, 2.45) is 0 Å². The second-order valence-electron chi connectivity index (χ2n) is 4.51. The molecule has 1 aromatic heterocycles. The van der Waals surface area contributed by atoms with Gasteiger partial charge in [-0.2, -0.15) is 0 Å². The van der Waals surface area contributed by atoms with Gasteiger partial charge in [0, 0.05) is 14.2 Å². The average Bonchev–Trinajstić information content (AvgIpc) is 2.69. The third kappa shape index (κ3) is 3.65. The first-order valence-corrected chi connectivity index (χ1v) is 7.97. The van der Waals surface area contributed by atoms with E-state index in [-0.39, 0.29) is 11.9 Å². The van der Waals surface area contributed by atoms with Gasteiger partial charge in [0.05, 0.1) is 6.04 Å². The number of aryl methyl sites for hydroxylation is 1. The van der Waals surface area contributed by atoms with Gasteiger partial charge in [-0.15, -0.1) is 11.3 Å². The Morgan fingerprint density at radius 3 is 2.74 bits per heavy atom. The summed E-state index contributed by atoms with van der Waals surface area (Å²) >= 11 is 5.34. The highest BCUT2D eigenvalue weighted by Gasteiger charge is 2.19. The van der Waals surface area contributed by atoms with Gasteiger partial charge in [-0.3, -0.25) is 0 Å². The van der Waals surface area contributed by atoms with E-state index in [1.807, 2.05) is 6.07 Å². The number of rotatable bonds is 5. The molecule has 102 valence electrons. The fourth-order valence-corrected chi connectivity index (χ4v) is 4.02. The van der Waals surface area contributed by atoms with E-state index in [9.17, 15) is 4.39 Å². The van der Waals surface area contributed by atoms with Gasteiger partial charge in [-0.25, -0.2) is 4.39 Å². The van der Waals surface area contributed by atoms with Crippen molar-refractivity contribution in [2.45, 2.75) is 26.3 Å². The van der Waals surface area contributed by atoms with Crippen molar-refractivity contribution < 1.29 is 4.39 Å². The Morgan fingerprint density at radius 2 is 2.16 bits per heavy atom. The Hall–Kier alpha value is -0.710. The predicted octanol–water partition coefficient (Wildman–Crippen LogP) is 5.05. The van der Waals surface area contributed by atoms with E-state index in [0.29, 0.717) is 0 Å². The highest BCUT2D eigenvalue weighted by atomic mass is 79.9. The number of hydrogen-bond acceptors (Lipinski definition) is 2. The summed E-state index contributed by atoms with van der Waals surface area (Å²) in [5.41, 5.74) is 0.969. The van der Waals surface area contributed by atoms with Gasteiger partial charge in [0.25, 0.3) is 0 Å². The van der Waals surface area contributed by atoms with Crippen molar-refractivity contribution >= 4 is 27.3 Å². The molecular formula is C15H17BrFNS. The Balaban J connectivity index is 2.38. The van der Waals surface area contributed by atoms with Gasteiger partial charge < -0.3 is 5.32 Å². The van der Waals surface area contributed by atoms with E-state index in [2.05, 4.69) is 41.2 Å². The lowest BCUT2D eigenvalue weighted by Gasteiger charge is -2.18. The van der Waals surface area contributed by atoms with Crippen LogP contribution < -0.4 is 5.32 Å². The molecule has 0 aliphatic heterocycles. The summed E-state index contributed by atoms with van der Waals surface area (Å²) in [7, 11) is 0. The van der Waals surface area contributed by atoms with Gasteiger partial charge in [0.2, 0.25) is 0 Å². The molecule has 0 radical (unpaired) electrons. The van der Waals surface area contributed by atoms with Gasteiger partial charge in [-0.05, 0) is 59.6 Å². The maximum absolute atomic E-state index is 13.4. The zero-order chi connectivity index (χ0) is 13.8. The van der Waals surface area contributed by atoms with Crippen LogP contribution in [0, 0.1) is 12.7 Å². The van der Waals surface area contributed by atoms with E-state index in [1.54, 1.807) is 23.5 Å². The molecule has 1 heterocycles. The van der Waals surface area contributed by atoms with E-state index in [4.69, 9.17) is 0 Å². The summed E-state index contributed by atoms with van der Waals surface area (Å²) in [6, 6.07) is 8.98. The third-order valence-corrected chi connectivity index (χ3v) is 4.91. The first-order chi connectivity index (χ1) is 9.11. The highest BCUT2D eigenvalue weighted by molar-refractivity contribution is 9.10. The molecule has 0 bridgehead atoms. The summed E-state index contributed by atoms with van der Waals surface area (Å²) in [4.78, 5) is 2.46. The molecule has 2 rings (SSSR count). The minimum Gasteiger partial charge on any atom is -0.306 e. The fraction of sp³-hybridized carbons (Fsp3) is 0.333. The normalized spacial score (nSPS) is 12.6. The standard InChI is InChI=1S/C15H17BrFNS/c1-3-7-18-14(11-5-4-6-12(17)9-11)15-13(16)8-10(2)19-15/h4-6,8-9,14,18H,3,7H2,1-2H3. The third-order valence-electron chi connectivity index (χ3n) is 2.88. The average molecular weight is 342 g/mol. The maximum atomic E-state index is 13.4. The molecule has 0 amide bonds. The van der Waals surface area contributed by atoms with Crippen molar-refractivity contribution in [3.63, 3.8) is 0 Å². The van der Waals surface area contributed by atoms with Crippen LogP contribution in [0.4, 0.5) is 4.39 Å². The zero-order valence-electron chi connectivity index (χ0n) is 11.0. The van der Waals surface area contributed by atoms with Crippen LogP contribution in [0.3, 0.4) is 0 Å². The smallest absolute Gasteiger partial charge is 0.123 e. The van der Waals surface area contributed by atoms with Crippen LogP contribution >= 0.6 is 27.3 Å². The van der Waals surface area contributed by atoms with Crippen LogP contribution in [0.25, 0.3) is 0 Å². The van der Waals surface area contributed by atoms with Crippen molar-refractivity contribution in [3.05, 3.63) is 55.9 Å². The first-order valence-electron chi connectivity index (χ1n) is 6.36. The van der Waals surface area contributed by atoms with Crippen molar-refractivity contribution in [1.29, 1.82) is 0 Å². The summed E-state index contributed by atoms with van der Waals surface area (Å²) in [5.74, 6) is -0.190. The summed E-state index contributed by atoms with van der Waals surface area (Å²) in [5, 5.41) is 3.50. The Labute approximate surface area is 126 Å². The molecule has 0 saturated heterocycles. The molecule has 0 spiro atoms. The van der Waals surface area contributed by atoms with Gasteiger partial charge >= 0.3 is 0 Å². The molecule has 1 unspecified atom stereocenters. The Morgan fingerprint density at radius 1 is 1.37 bits per heavy atom. The number of nitrogens with one attached hydrogen (secondary N) is 1. The Kier molecular flexibility index (Phi) is 5.13. The zero-order valence-corrected chi connectivity index (χ0v) is 13.4. The molecule has 0 aliphatic carbocycles. The molecule has 1 atom stereocenters. The number of thiophene rings is 1. The fourth-order valence-electron chi connectivity index (χ4n) is 2.03. The van der Waals surface area contributed by atoms with Crippen molar-refractivity contribution in [1.82, 2.24) is 5.32 Å². The highest BCUT2D eigenvalue weighted by Crippen LogP contribution is 2.35. The Bertz CT molecular complexity index is 553. The topological polar surface area (TPSA) is 12.0 Å². The van der Waals surface area contributed by atoms with Crippen LogP contribution in [-0.2, 0) is 0 Å². The maximum Gasteiger partial charge on any atom is 0.123 e. The van der Waals surface area contributed by atoms with Crippen molar-refractivity contribution in [2.75, 3.05) is 6.54 Å². The molecule has 4 heteroatoms. The summed E-state index contributed by atoms with van der Waals surface area (Å²) in [6.45, 7) is 5.12. The number of benzene rings is 1. The van der Waals surface area contributed by atoms with Crippen molar-refractivity contribution in [3.8, 4) is 0 Å². The minimum atomic E-state index is -0.190. The molecule has 19 heavy (non-hydrogen) atoms. The van der Waals surface area contributed by atoms with E-state index in [0.717, 1.165) is 23.0 Å². The number of hydrogen-bond donors (Lipinski definition) is 1. The molecule has 1 aromatic carbocycles. The minimum absolute atomic E-state index is 0.0451. The quantitative estimate of drug-likeness (QED) is 0.802. The molecule has 0 aliphatic rings. The monoisotopic (exact) mass is 341 g/mol. The second kappa shape index (κ2) is 6.64. The molecular weight excluding hydrogens is 325 g/mol. The predicted molar refractivity (Wildman–Crippen MR) is 83.3 cm³/mol.